The van der Waals surface area contributed by atoms with E-state index in [1.807, 2.05) is 66.7 Å². The van der Waals surface area contributed by atoms with Crippen LogP contribution in [0, 0.1) is 0 Å². The first kappa shape index (κ1) is 31.5. The van der Waals surface area contributed by atoms with Gasteiger partial charge in [0.25, 0.3) is 0 Å². The van der Waals surface area contributed by atoms with E-state index in [9.17, 15) is 0 Å². The molecule has 6 heteroatoms. The maximum Gasteiger partial charge on any atom is 0.164 e. The Hall–Kier alpha value is -7.83. The van der Waals surface area contributed by atoms with E-state index < -0.39 is 0 Å². The predicted molar refractivity (Wildman–Crippen MR) is 230 cm³/mol. The molecule has 57 heavy (non-hydrogen) atoms. The molecule has 0 atom stereocenters. The zero-order chi connectivity index (χ0) is 37.5. The SMILES string of the molecule is c1ccc(-c2nc(-c3ccc4c(c3)oc3ccccc34)nc(-c3cccc4oc5c(-c6ccc7c(c6)c6ccccc6n7-c6ccccc6)cccc5c34)n2)cc1. The van der Waals surface area contributed by atoms with Gasteiger partial charge in [-0.1, -0.05) is 127 Å². The van der Waals surface area contributed by atoms with Crippen molar-refractivity contribution in [3.8, 4) is 51.0 Å². The van der Waals surface area contributed by atoms with E-state index in [4.69, 9.17) is 23.8 Å². The summed E-state index contributed by atoms with van der Waals surface area (Å²) in [6.07, 6.45) is 0. The van der Waals surface area contributed by atoms with Crippen LogP contribution in [-0.2, 0) is 0 Å². The molecule has 12 rings (SSSR count). The van der Waals surface area contributed by atoms with E-state index in [1.165, 1.54) is 16.3 Å². The second-order valence-electron chi connectivity index (χ2n) is 14.4. The highest BCUT2D eigenvalue weighted by Gasteiger charge is 2.21. The quantitative estimate of drug-likeness (QED) is 0.176. The lowest BCUT2D eigenvalue weighted by Gasteiger charge is -2.09. The van der Waals surface area contributed by atoms with Gasteiger partial charge in [-0.15, -0.1) is 0 Å². The number of nitrogens with zero attached hydrogens (tertiary/aromatic N) is 4. The topological polar surface area (TPSA) is 69.9 Å². The minimum Gasteiger partial charge on any atom is -0.456 e. The van der Waals surface area contributed by atoms with Crippen LogP contribution in [0.15, 0.2) is 191 Å². The van der Waals surface area contributed by atoms with Crippen LogP contribution in [0.1, 0.15) is 0 Å². The fraction of sp³-hybridized carbons (Fsp3) is 0. The molecule has 0 fully saturated rings. The van der Waals surface area contributed by atoms with Crippen LogP contribution in [0.25, 0.3) is 117 Å². The van der Waals surface area contributed by atoms with Crippen LogP contribution in [0.2, 0.25) is 0 Å². The first-order chi connectivity index (χ1) is 28.2. The highest BCUT2D eigenvalue weighted by molar-refractivity contribution is 6.16. The van der Waals surface area contributed by atoms with Crippen molar-refractivity contribution >= 4 is 65.7 Å². The average molecular weight is 731 g/mol. The zero-order valence-electron chi connectivity index (χ0n) is 30.4. The molecule has 0 N–H and O–H groups in total. The largest absolute Gasteiger partial charge is 0.456 e. The van der Waals surface area contributed by atoms with Gasteiger partial charge in [0.15, 0.2) is 17.5 Å². The maximum absolute atomic E-state index is 6.79. The van der Waals surface area contributed by atoms with Crippen molar-refractivity contribution in [2.75, 3.05) is 0 Å². The van der Waals surface area contributed by atoms with Crippen LogP contribution in [0.4, 0.5) is 0 Å². The molecule has 0 aliphatic carbocycles. The summed E-state index contributed by atoms with van der Waals surface area (Å²) < 4.78 is 15.4. The molecule has 0 saturated heterocycles. The molecule has 4 aromatic heterocycles. The molecule has 4 heterocycles. The number of aromatic nitrogens is 4. The van der Waals surface area contributed by atoms with Crippen LogP contribution in [-0.4, -0.2) is 19.5 Å². The minimum absolute atomic E-state index is 0.565. The van der Waals surface area contributed by atoms with Crippen LogP contribution in [0.5, 0.6) is 0 Å². The first-order valence-corrected chi connectivity index (χ1v) is 19.0. The summed E-state index contributed by atoms with van der Waals surface area (Å²) in [7, 11) is 0. The molecule has 0 bridgehead atoms. The van der Waals surface area contributed by atoms with Gasteiger partial charge in [-0.2, -0.15) is 0 Å². The third kappa shape index (κ3) is 4.94. The van der Waals surface area contributed by atoms with Gasteiger partial charge in [-0.3, -0.25) is 0 Å². The Kier molecular flexibility index (Phi) is 6.83. The normalized spacial score (nSPS) is 11.9. The van der Waals surface area contributed by atoms with E-state index in [2.05, 4.69) is 120 Å². The van der Waals surface area contributed by atoms with E-state index in [-0.39, 0.29) is 0 Å². The molecule has 0 unspecified atom stereocenters. The summed E-state index contributed by atoms with van der Waals surface area (Å²) in [6.45, 7) is 0. The van der Waals surface area contributed by atoms with Gasteiger partial charge in [0.1, 0.15) is 22.3 Å². The van der Waals surface area contributed by atoms with E-state index in [0.717, 1.165) is 82.9 Å². The fourth-order valence-electron chi connectivity index (χ4n) is 8.46. The molecule has 0 aliphatic heterocycles. The van der Waals surface area contributed by atoms with Gasteiger partial charge in [0.05, 0.1) is 11.0 Å². The third-order valence-corrected chi connectivity index (χ3v) is 11.1. The lowest BCUT2D eigenvalue weighted by molar-refractivity contribution is 0.669. The molecule has 12 aromatic rings. The van der Waals surface area contributed by atoms with E-state index in [1.54, 1.807) is 0 Å². The summed E-state index contributed by atoms with van der Waals surface area (Å²) in [5.74, 6) is 1.72. The molecule has 8 aromatic carbocycles. The maximum atomic E-state index is 6.79. The summed E-state index contributed by atoms with van der Waals surface area (Å²) in [5.41, 5.74) is 11.4. The van der Waals surface area contributed by atoms with Crippen molar-refractivity contribution in [1.82, 2.24) is 19.5 Å². The van der Waals surface area contributed by atoms with Gasteiger partial charge in [-0.05, 0) is 60.2 Å². The first-order valence-electron chi connectivity index (χ1n) is 19.0. The van der Waals surface area contributed by atoms with Gasteiger partial charge in [0.2, 0.25) is 0 Å². The number of furan rings is 2. The number of para-hydroxylation sites is 4. The van der Waals surface area contributed by atoms with Crippen molar-refractivity contribution in [3.63, 3.8) is 0 Å². The molecule has 0 saturated carbocycles. The molecule has 6 nitrogen and oxygen atoms in total. The Morgan fingerprint density at radius 2 is 0.982 bits per heavy atom. The number of fused-ring (bicyclic) bond motifs is 9. The van der Waals surface area contributed by atoms with Gasteiger partial charge >= 0.3 is 0 Å². The minimum atomic E-state index is 0.565. The lowest BCUT2D eigenvalue weighted by Crippen LogP contribution is -2.00. The van der Waals surface area contributed by atoms with Crippen molar-refractivity contribution in [1.29, 1.82) is 0 Å². The van der Waals surface area contributed by atoms with Crippen molar-refractivity contribution in [2.24, 2.45) is 0 Å². The van der Waals surface area contributed by atoms with Crippen molar-refractivity contribution < 1.29 is 8.83 Å². The lowest BCUT2D eigenvalue weighted by atomic mass is 9.99. The third-order valence-electron chi connectivity index (χ3n) is 11.1. The van der Waals surface area contributed by atoms with Crippen LogP contribution >= 0.6 is 0 Å². The van der Waals surface area contributed by atoms with Crippen LogP contribution in [0.3, 0.4) is 0 Å². The zero-order valence-corrected chi connectivity index (χ0v) is 30.4. The van der Waals surface area contributed by atoms with E-state index >= 15 is 0 Å². The Bertz CT molecular complexity index is 3530. The molecular weight excluding hydrogens is 701 g/mol. The standard InChI is InChI=1S/C51H30N4O2/c1-3-13-31(14-4-1)49-52-50(33-25-27-38-37-18-8-10-23-44(37)56-46(38)30-33)54-51(53-49)40-21-12-24-45-47(40)39-20-11-19-35(48(39)57-45)32-26-28-43-41(29-32)36-17-7-9-22-42(36)55(43)34-15-5-2-6-16-34/h1-30H. The summed E-state index contributed by atoms with van der Waals surface area (Å²) in [6, 6.07) is 62.7. The Balaban J connectivity index is 1.04. The molecule has 0 aliphatic rings. The molecular formula is C51H30N4O2. The van der Waals surface area contributed by atoms with E-state index in [0.29, 0.717) is 17.5 Å². The second-order valence-corrected chi connectivity index (χ2v) is 14.4. The Labute approximate surface area is 325 Å². The van der Waals surface area contributed by atoms with Gasteiger partial charge in [-0.25, -0.2) is 15.0 Å². The van der Waals surface area contributed by atoms with Crippen molar-refractivity contribution in [2.45, 2.75) is 0 Å². The number of hydrogen-bond donors (Lipinski definition) is 0. The molecule has 0 radical (unpaired) electrons. The Morgan fingerprint density at radius 3 is 1.86 bits per heavy atom. The average Bonchev–Trinajstić information content (AvgIpc) is 3.96. The number of rotatable bonds is 5. The van der Waals surface area contributed by atoms with Gasteiger partial charge < -0.3 is 13.4 Å². The predicted octanol–water partition coefficient (Wildman–Crippen LogP) is 13.4. The molecule has 0 amide bonds. The summed E-state index contributed by atoms with van der Waals surface area (Å²) >= 11 is 0. The van der Waals surface area contributed by atoms with Crippen molar-refractivity contribution in [3.05, 3.63) is 182 Å². The second kappa shape index (κ2) is 12.3. The number of benzene rings is 8. The monoisotopic (exact) mass is 730 g/mol. The molecule has 266 valence electrons. The highest BCUT2D eigenvalue weighted by Crippen LogP contribution is 2.42. The van der Waals surface area contributed by atoms with Gasteiger partial charge in [0, 0.05) is 60.3 Å². The Morgan fingerprint density at radius 1 is 0.351 bits per heavy atom. The summed E-state index contributed by atoms with van der Waals surface area (Å²) in [4.78, 5) is 15.3. The van der Waals surface area contributed by atoms with Crippen LogP contribution < -0.4 is 0 Å². The smallest absolute Gasteiger partial charge is 0.164 e. The fourth-order valence-corrected chi connectivity index (χ4v) is 8.46. The highest BCUT2D eigenvalue weighted by atomic mass is 16.3. The number of hydrogen-bond acceptors (Lipinski definition) is 5. The molecule has 0 spiro atoms. The summed E-state index contributed by atoms with van der Waals surface area (Å²) in [5, 5.41) is 6.48.